The van der Waals surface area contributed by atoms with Crippen molar-refractivity contribution in [3.8, 4) is 11.4 Å². The number of rotatable bonds is 1. The Balaban J connectivity index is 2.40. The Bertz CT molecular complexity index is 805. The third-order valence-electron chi connectivity index (χ3n) is 2.94. The highest BCUT2D eigenvalue weighted by atomic mass is 19.4. The van der Waals surface area contributed by atoms with Crippen molar-refractivity contribution >= 4 is 10.9 Å². The minimum absolute atomic E-state index is 0.0195. The summed E-state index contributed by atoms with van der Waals surface area (Å²) in [5.74, 6) is -2.14. The van der Waals surface area contributed by atoms with E-state index in [9.17, 15) is 22.0 Å². The Morgan fingerprint density at radius 2 is 1.71 bits per heavy atom. The van der Waals surface area contributed by atoms with Gasteiger partial charge < -0.3 is 4.98 Å². The van der Waals surface area contributed by atoms with Crippen molar-refractivity contribution in [1.82, 2.24) is 15.0 Å². The molecule has 8 heteroatoms. The summed E-state index contributed by atoms with van der Waals surface area (Å²) in [6.45, 7) is 0. The van der Waals surface area contributed by atoms with E-state index >= 15 is 0 Å². The van der Waals surface area contributed by atoms with Crippen LogP contribution in [0.5, 0.6) is 0 Å². The fourth-order valence-electron chi connectivity index (χ4n) is 2.10. The fraction of sp³-hybridized carbons (Fsp3) is 0.0769. The standard InChI is InChI=1S/C13H6F5N3/c14-6-4-20-12(21-5-6)10-7-1-2-19-11(7)9(15)3-8(10)13(16,17)18/h1-5,19H. The Labute approximate surface area is 114 Å². The number of hydrogen-bond acceptors (Lipinski definition) is 2. The third-order valence-corrected chi connectivity index (χ3v) is 2.94. The number of halogens is 5. The molecule has 0 radical (unpaired) electrons. The van der Waals surface area contributed by atoms with E-state index in [4.69, 9.17) is 0 Å². The SMILES string of the molecule is Fc1cnc(-c2c(C(F)(F)F)cc(F)c3[nH]ccc23)nc1. The van der Waals surface area contributed by atoms with Gasteiger partial charge in [-0.2, -0.15) is 13.2 Å². The Kier molecular flexibility index (Phi) is 2.89. The number of fused-ring (bicyclic) bond motifs is 1. The molecule has 2 aromatic heterocycles. The van der Waals surface area contributed by atoms with Crippen LogP contribution >= 0.6 is 0 Å². The van der Waals surface area contributed by atoms with Gasteiger partial charge in [-0.05, 0) is 12.1 Å². The van der Waals surface area contributed by atoms with Gasteiger partial charge in [0, 0.05) is 17.1 Å². The molecule has 1 aromatic carbocycles. The first-order valence-electron chi connectivity index (χ1n) is 5.72. The molecule has 0 saturated heterocycles. The first kappa shape index (κ1) is 13.5. The van der Waals surface area contributed by atoms with E-state index in [2.05, 4.69) is 15.0 Å². The molecular weight excluding hydrogens is 293 g/mol. The maximum absolute atomic E-state index is 13.7. The number of alkyl halides is 3. The maximum atomic E-state index is 13.7. The van der Waals surface area contributed by atoms with Crippen LogP contribution in [-0.4, -0.2) is 15.0 Å². The number of aromatic nitrogens is 3. The van der Waals surface area contributed by atoms with Gasteiger partial charge in [0.2, 0.25) is 0 Å². The molecular formula is C13H6F5N3. The van der Waals surface area contributed by atoms with Gasteiger partial charge in [0.15, 0.2) is 11.6 Å². The normalized spacial score (nSPS) is 12.0. The van der Waals surface area contributed by atoms with Crippen LogP contribution in [-0.2, 0) is 6.18 Å². The first-order chi connectivity index (χ1) is 9.88. The Morgan fingerprint density at radius 1 is 1.05 bits per heavy atom. The van der Waals surface area contributed by atoms with Gasteiger partial charge in [0.25, 0.3) is 0 Å². The van der Waals surface area contributed by atoms with Crippen molar-refractivity contribution in [2.75, 3.05) is 0 Å². The zero-order chi connectivity index (χ0) is 15.2. The van der Waals surface area contributed by atoms with Gasteiger partial charge in [-0.3, -0.25) is 0 Å². The van der Waals surface area contributed by atoms with E-state index in [1.54, 1.807) is 0 Å². The number of aromatic amines is 1. The predicted octanol–water partition coefficient (Wildman–Crippen LogP) is 3.92. The molecule has 3 nitrogen and oxygen atoms in total. The molecule has 1 N–H and O–H groups in total. The van der Waals surface area contributed by atoms with Gasteiger partial charge in [0.1, 0.15) is 5.82 Å². The molecule has 0 amide bonds. The molecule has 2 heterocycles. The van der Waals surface area contributed by atoms with Crippen LogP contribution < -0.4 is 0 Å². The zero-order valence-electron chi connectivity index (χ0n) is 10.2. The summed E-state index contributed by atoms with van der Waals surface area (Å²) in [5.41, 5.74) is -1.69. The largest absolute Gasteiger partial charge is 0.417 e. The lowest BCUT2D eigenvalue weighted by atomic mass is 10.0. The highest BCUT2D eigenvalue weighted by molar-refractivity contribution is 5.95. The lowest BCUT2D eigenvalue weighted by Gasteiger charge is -2.13. The second kappa shape index (κ2) is 4.51. The Hall–Kier alpha value is -2.51. The van der Waals surface area contributed by atoms with Crippen LogP contribution in [0.15, 0.2) is 30.7 Å². The molecule has 3 rings (SSSR count). The first-order valence-corrected chi connectivity index (χ1v) is 5.72. The van der Waals surface area contributed by atoms with Crippen molar-refractivity contribution in [1.29, 1.82) is 0 Å². The molecule has 0 atom stereocenters. The molecule has 21 heavy (non-hydrogen) atoms. The van der Waals surface area contributed by atoms with Gasteiger partial charge in [-0.1, -0.05) is 0 Å². The average molecular weight is 299 g/mol. The maximum Gasteiger partial charge on any atom is 0.417 e. The highest BCUT2D eigenvalue weighted by Gasteiger charge is 2.36. The predicted molar refractivity (Wildman–Crippen MR) is 64.2 cm³/mol. The summed E-state index contributed by atoms with van der Waals surface area (Å²) in [7, 11) is 0. The van der Waals surface area contributed by atoms with Gasteiger partial charge in [-0.25, -0.2) is 18.7 Å². The lowest BCUT2D eigenvalue weighted by molar-refractivity contribution is -0.137. The molecule has 0 unspecified atom stereocenters. The summed E-state index contributed by atoms with van der Waals surface area (Å²) in [6, 6.07) is 1.66. The topological polar surface area (TPSA) is 41.6 Å². The van der Waals surface area contributed by atoms with Crippen LogP contribution in [0.4, 0.5) is 22.0 Å². The minimum atomic E-state index is -4.79. The molecule has 0 saturated carbocycles. The number of nitrogens with one attached hydrogen (secondary N) is 1. The molecule has 0 aliphatic rings. The van der Waals surface area contributed by atoms with Crippen molar-refractivity contribution < 1.29 is 22.0 Å². The van der Waals surface area contributed by atoms with E-state index in [-0.39, 0.29) is 22.3 Å². The van der Waals surface area contributed by atoms with E-state index in [0.717, 1.165) is 12.4 Å². The summed E-state index contributed by atoms with van der Waals surface area (Å²) in [4.78, 5) is 9.64. The van der Waals surface area contributed by atoms with Crippen molar-refractivity contribution in [3.63, 3.8) is 0 Å². The summed E-state index contributed by atoms with van der Waals surface area (Å²) in [5, 5.41) is -0.0195. The monoisotopic (exact) mass is 299 g/mol. The van der Waals surface area contributed by atoms with Crippen molar-refractivity contribution in [3.05, 3.63) is 47.9 Å². The van der Waals surface area contributed by atoms with Crippen LogP contribution in [0.1, 0.15) is 5.56 Å². The lowest BCUT2D eigenvalue weighted by Crippen LogP contribution is -2.09. The van der Waals surface area contributed by atoms with Crippen molar-refractivity contribution in [2.24, 2.45) is 0 Å². The third kappa shape index (κ3) is 2.22. The van der Waals surface area contributed by atoms with E-state index in [0.29, 0.717) is 6.07 Å². The van der Waals surface area contributed by atoms with Crippen LogP contribution in [0.2, 0.25) is 0 Å². The van der Waals surface area contributed by atoms with E-state index in [1.807, 2.05) is 0 Å². The second-order valence-corrected chi connectivity index (χ2v) is 4.27. The van der Waals surface area contributed by atoms with E-state index < -0.39 is 23.4 Å². The highest BCUT2D eigenvalue weighted by Crippen LogP contribution is 2.40. The summed E-state index contributed by atoms with van der Waals surface area (Å²) < 4.78 is 65.9. The quantitative estimate of drug-likeness (QED) is 0.692. The molecule has 108 valence electrons. The second-order valence-electron chi connectivity index (χ2n) is 4.27. The molecule has 0 aliphatic carbocycles. The summed E-state index contributed by atoms with van der Waals surface area (Å²) >= 11 is 0. The van der Waals surface area contributed by atoms with Crippen LogP contribution in [0.25, 0.3) is 22.3 Å². The van der Waals surface area contributed by atoms with Gasteiger partial charge in [0.05, 0.1) is 23.5 Å². The van der Waals surface area contributed by atoms with Crippen LogP contribution in [0, 0.1) is 11.6 Å². The average Bonchev–Trinajstić information content (AvgIpc) is 2.89. The minimum Gasteiger partial charge on any atom is -0.359 e. The number of hydrogen-bond donors (Lipinski definition) is 1. The number of benzene rings is 1. The van der Waals surface area contributed by atoms with E-state index in [1.165, 1.54) is 12.3 Å². The van der Waals surface area contributed by atoms with Gasteiger partial charge >= 0.3 is 6.18 Å². The number of nitrogens with zero attached hydrogens (tertiary/aromatic N) is 2. The molecule has 0 bridgehead atoms. The fourth-order valence-corrected chi connectivity index (χ4v) is 2.10. The molecule has 0 fully saturated rings. The molecule has 0 aliphatic heterocycles. The van der Waals surface area contributed by atoms with Crippen molar-refractivity contribution in [2.45, 2.75) is 6.18 Å². The molecule has 0 spiro atoms. The summed E-state index contributed by atoms with van der Waals surface area (Å²) in [6.07, 6.45) is -1.98. The number of H-pyrrole nitrogens is 1. The van der Waals surface area contributed by atoms with Crippen LogP contribution in [0.3, 0.4) is 0 Å². The smallest absolute Gasteiger partial charge is 0.359 e. The Morgan fingerprint density at radius 3 is 2.33 bits per heavy atom. The zero-order valence-corrected chi connectivity index (χ0v) is 10.2. The molecule has 3 aromatic rings. The van der Waals surface area contributed by atoms with Gasteiger partial charge in [-0.15, -0.1) is 0 Å².